The third-order valence-corrected chi connectivity index (χ3v) is 10.7. The van der Waals surface area contributed by atoms with E-state index < -0.39 is 58.0 Å². The number of nitrogens with zero attached hydrogens (tertiary/aromatic N) is 2. The van der Waals surface area contributed by atoms with Gasteiger partial charge in [-0.2, -0.15) is 0 Å². The number of β-lactam (4-membered cyclic amide) rings is 1. The fourth-order valence-corrected chi connectivity index (χ4v) is 8.20. The van der Waals surface area contributed by atoms with Crippen molar-refractivity contribution in [3.8, 4) is 0 Å². The first-order valence-electron chi connectivity index (χ1n) is 14.0. The highest BCUT2D eigenvalue weighted by Gasteiger charge is 2.69. The summed E-state index contributed by atoms with van der Waals surface area (Å²) < 4.78 is 10.5. The molecule has 2 fully saturated rings. The lowest BCUT2D eigenvalue weighted by Crippen LogP contribution is -2.72. The molecule has 0 N–H and O–H groups in total. The van der Waals surface area contributed by atoms with Gasteiger partial charge in [0.25, 0.3) is 5.91 Å². The van der Waals surface area contributed by atoms with Crippen LogP contribution in [-0.4, -0.2) is 73.6 Å². The molecule has 2 aliphatic rings. The summed E-state index contributed by atoms with van der Waals surface area (Å²) in [5.41, 5.74) is 2.17. The topological polar surface area (TPSA) is 110 Å². The molecule has 0 aromatic heterocycles. The molecule has 0 saturated carbocycles. The summed E-state index contributed by atoms with van der Waals surface area (Å²) in [5.74, 6) is -2.90. The number of carbonyl (C=O) groups is 5. The smallest absolute Gasteiger partial charge is 0.331 e. The molecule has 3 amide bonds. The van der Waals surface area contributed by atoms with Gasteiger partial charge in [0, 0.05) is 19.2 Å². The molecule has 44 heavy (non-hydrogen) atoms. The number of amides is 3. The molecule has 0 aliphatic carbocycles. The normalized spacial score (nSPS) is 22.1. The molecule has 4 atom stereocenters. The SMILES string of the molecule is CC(=O)OC[C@@]1(CBr)S[C@@H]2C(N(C(C)=O)C(=O)Cc3ccccc3)C(=O)N2[C@H]1C(=O)OC(c1ccccc1)c1ccccc1. The molecule has 11 heteroatoms. The molecule has 3 aromatic rings. The number of carbonyl (C=O) groups excluding carboxylic acids is 5. The maximum Gasteiger partial charge on any atom is 0.331 e. The van der Waals surface area contributed by atoms with Gasteiger partial charge >= 0.3 is 11.9 Å². The van der Waals surface area contributed by atoms with Gasteiger partial charge in [-0.15, -0.1) is 11.8 Å². The van der Waals surface area contributed by atoms with Crippen molar-refractivity contribution < 1.29 is 33.4 Å². The van der Waals surface area contributed by atoms with Crippen LogP contribution < -0.4 is 0 Å². The summed E-state index contributed by atoms with van der Waals surface area (Å²) in [6.45, 7) is 2.30. The molecule has 0 bridgehead atoms. The van der Waals surface area contributed by atoms with Gasteiger partial charge in [-0.25, -0.2) is 4.79 Å². The number of imide groups is 1. The van der Waals surface area contributed by atoms with E-state index in [1.807, 2.05) is 66.7 Å². The van der Waals surface area contributed by atoms with Crippen LogP contribution in [0.5, 0.6) is 0 Å². The van der Waals surface area contributed by atoms with Gasteiger partial charge in [-0.1, -0.05) is 107 Å². The lowest BCUT2D eigenvalue weighted by Gasteiger charge is -2.47. The molecular formula is C33H31BrN2O7S. The van der Waals surface area contributed by atoms with Crippen molar-refractivity contribution in [3.05, 3.63) is 108 Å². The van der Waals surface area contributed by atoms with Crippen LogP contribution in [0.1, 0.15) is 36.6 Å². The first-order valence-corrected chi connectivity index (χ1v) is 16.0. The van der Waals surface area contributed by atoms with Crippen molar-refractivity contribution in [2.24, 2.45) is 0 Å². The highest BCUT2D eigenvalue weighted by Crippen LogP contribution is 2.54. The largest absolute Gasteiger partial charge is 0.464 e. The zero-order valence-electron chi connectivity index (χ0n) is 24.1. The third-order valence-electron chi connectivity index (χ3n) is 7.68. The molecule has 0 spiro atoms. The molecule has 9 nitrogen and oxygen atoms in total. The summed E-state index contributed by atoms with van der Waals surface area (Å²) in [6, 6.07) is 25.1. The van der Waals surface area contributed by atoms with Gasteiger partial charge in [0.1, 0.15) is 24.1 Å². The van der Waals surface area contributed by atoms with Crippen LogP contribution in [0, 0.1) is 0 Å². The number of hydrogen-bond donors (Lipinski definition) is 0. The van der Waals surface area contributed by atoms with Crippen LogP contribution in [-0.2, 0) is 39.9 Å². The molecule has 2 saturated heterocycles. The zero-order valence-corrected chi connectivity index (χ0v) is 26.5. The molecule has 3 aromatic carbocycles. The fourth-order valence-electron chi connectivity index (χ4n) is 5.62. The summed E-state index contributed by atoms with van der Waals surface area (Å²) in [5, 5.41) is -0.590. The number of halogens is 1. The van der Waals surface area contributed by atoms with Crippen LogP contribution in [0.15, 0.2) is 91.0 Å². The van der Waals surface area contributed by atoms with E-state index in [0.29, 0.717) is 5.56 Å². The number of hydrogen-bond acceptors (Lipinski definition) is 8. The first kappa shape index (κ1) is 31.5. The number of fused-ring (bicyclic) bond motifs is 1. The van der Waals surface area contributed by atoms with Crippen LogP contribution in [0.25, 0.3) is 0 Å². The van der Waals surface area contributed by atoms with E-state index in [0.717, 1.165) is 16.0 Å². The molecule has 2 aliphatic heterocycles. The number of alkyl halides is 1. The number of benzene rings is 3. The highest BCUT2D eigenvalue weighted by molar-refractivity contribution is 9.09. The minimum Gasteiger partial charge on any atom is -0.464 e. The predicted octanol–water partition coefficient (Wildman–Crippen LogP) is 4.29. The quantitative estimate of drug-likeness (QED) is 0.178. The Kier molecular flexibility index (Phi) is 9.55. The van der Waals surface area contributed by atoms with Gasteiger partial charge in [0.15, 0.2) is 6.10 Å². The molecule has 1 unspecified atom stereocenters. The average Bonchev–Trinajstić information content (AvgIpc) is 3.33. The van der Waals surface area contributed by atoms with Crippen molar-refractivity contribution in [1.29, 1.82) is 0 Å². The summed E-state index contributed by atoms with van der Waals surface area (Å²) in [7, 11) is 0. The van der Waals surface area contributed by atoms with E-state index in [2.05, 4.69) is 15.9 Å². The standard InChI is InChI=1S/C33H31BrN2O7S/c1-21(37)35(26(39)18-23-12-6-3-7-13-23)27-30(40)36-29(33(19-34,44-31(27)36)20-42-22(2)38)32(41)43-28(24-14-8-4-9-15-24)25-16-10-5-11-17-25/h3-17,27-29,31H,18-20H2,1-2H3/t27?,29-,31+,33+/m0/s1. The second-order valence-electron chi connectivity index (χ2n) is 10.7. The van der Waals surface area contributed by atoms with Crippen LogP contribution in [0.4, 0.5) is 0 Å². The van der Waals surface area contributed by atoms with E-state index in [9.17, 15) is 24.0 Å². The molecule has 2 heterocycles. The lowest BCUT2D eigenvalue weighted by molar-refractivity contribution is -0.175. The zero-order chi connectivity index (χ0) is 31.4. The lowest BCUT2D eigenvalue weighted by atomic mass is 9.93. The number of ether oxygens (including phenoxy) is 2. The Labute approximate surface area is 268 Å². The summed E-state index contributed by atoms with van der Waals surface area (Å²) in [4.78, 5) is 68.5. The maximum atomic E-state index is 14.2. The molecule has 228 valence electrons. The number of thioether (sulfide) groups is 1. The highest BCUT2D eigenvalue weighted by atomic mass is 79.9. The van der Waals surface area contributed by atoms with E-state index in [1.54, 1.807) is 24.3 Å². The summed E-state index contributed by atoms with van der Waals surface area (Å²) >= 11 is 4.73. The monoisotopic (exact) mass is 678 g/mol. The number of esters is 2. The van der Waals surface area contributed by atoms with Crippen molar-refractivity contribution >= 4 is 57.4 Å². The van der Waals surface area contributed by atoms with Crippen LogP contribution >= 0.6 is 27.7 Å². The second-order valence-corrected chi connectivity index (χ2v) is 12.8. The second kappa shape index (κ2) is 13.4. The van der Waals surface area contributed by atoms with Crippen molar-refractivity contribution in [2.45, 2.75) is 48.6 Å². The van der Waals surface area contributed by atoms with Gasteiger partial charge in [0.05, 0.1) is 11.2 Å². The Morgan fingerprint density at radius 2 is 1.45 bits per heavy atom. The van der Waals surface area contributed by atoms with E-state index in [1.165, 1.54) is 30.5 Å². The van der Waals surface area contributed by atoms with E-state index >= 15 is 0 Å². The van der Waals surface area contributed by atoms with Gasteiger partial charge in [0.2, 0.25) is 11.8 Å². The predicted molar refractivity (Wildman–Crippen MR) is 167 cm³/mol. The van der Waals surface area contributed by atoms with Crippen molar-refractivity contribution in [1.82, 2.24) is 9.80 Å². The Bertz CT molecular complexity index is 1500. The Balaban J connectivity index is 1.48. The number of rotatable bonds is 10. The molecule has 5 rings (SSSR count). The van der Waals surface area contributed by atoms with Crippen molar-refractivity contribution in [3.63, 3.8) is 0 Å². The Morgan fingerprint density at radius 3 is 1.95 bits per heavy atom. The molecule has 0 radical (unpaired) electrons. The van der Waals surface area contributed by atoms with Crippen LogP contribution in [0.3, 0.4) is 0 Å². The minimum atomic E-state index is -1.17. The summed E-state index contributed by atoms with van der Waals surface area (Å²) in [6.07, 6.45) is -0.844. The first-order chi connectivity index (χ1) is 21.2. The average molecular weight is 680 g/mol. The third kappa shape index (κ3) is 6.16. The van der Waals surface area contributed by atoms with Crippen molar-refractivity contribution in [2.75, 3.05) is 11.9 Å². The maximum absolute atomic E-state index is 14.2. The van der Waals surface area contributed by atoms with Gasteiger partial charge in [-0.05, 0) is 16.7 Å². The minimum absolute atomic E-state index is 0.0695. The fraction of sp³-hybridized carbons (Fsp3) is 0.303. The Hall–Kier alpha value is -3.96. The van der Waals surface area contributed by atoms with Gasteiger partial charge in [-0.3, -0.25) is 24.1 Å². The molecular weight excluding hydrogens is 648 g/mol. The van der Waals surface area contributed by atoms with E-state index in [-0.39, 0.29) is 18.4 Å². The van der Waals surface area contributed by atoms with Crippen LogP contribution in [0.2, 0.25) is 0 Å². The van der Waals surface area contributed by atoms with E-state index in [4.69, 9.17) is 9.47 Å². The Morgan fingerprint density at radius 1 is 0.909 bits per heavy atom. The van der Waals surface area contributed by atoms with Gasteiger partial charge < -0.3 is 14.4 Å².